The summed E-state index contributed by atoms with van der Waals surface area (Å²) in [6, 6.07) is 5.50. The van der Waals surface area contributed by atoms with E-state index in [1.54, 1.807) is 0 Å². The van der Waals surface area contributed by atoms with Crippen molar-refractivity contribution < 1.29 is 27.1 Å². The molecule has 0 spiro atoms. The van der Waals surface area contributed by atoms with Crippen LogP contribution in [-0.4, -0.2) is 25.4 Å². The minimum Gasteiger partial charge on any atom is -0.477 e. The Morgan fingerprint density at radius 3 is 2.65 bits per heavy atom. The zero-order valence-corrected chi connectivity index (χ0v) is 15.0. The van der Waals surface area contributed by atoms with Gasteiger partial charge in [0.1, 0.15) is 17.3 Å². The van der Waals surface area contributed by atoms with Crippen LogP contribution in [0.3, 0.4) is 0 Å². The number of nitrogens with one attached hydrogen (secondary N) is 1. The van der Waals surface area contributed by atoms with Crippen molar-refractivity contribution in [1.29, 1.82) is 0 Å². The summed E-state index contributed by atoms with van der Waals surface area (Å²) >= 11 is 6.68. The molecule has 0 saturated heterocycles. The molecule has 0 saturated carbocycles. The lowest BCUT2D eigenvalue weighted by atomic mass is 10.3. The molecule has 0 amide bonds. The average molecular weight is 418 g/mol. The summed E-state index contributed by atoms with van der Waals surface area (Å²) in [4.78, 5) is 22.2. The molecule has 26 heavy (non-hydrogen) atoms. The third kappa shape index (κ3) is 3.71. The summed E-state index contributed by atoms with van der Waals surface area (Å²) in [6.45, 7) is 0. The quantitative estimate of drug-likeness (QED) is 0.655. The molecule has 2 heterocycles. The Morgan fingerprint density at radius 2 is 2.00 bits per heavy atom. The monoisotopic (exact) mass is 417 g/mol. The van der Waals surface area contributed by atoms with Crippen molar-refractivity contribution >= 4 is 54.0 Å². The van der Waals surface area contributed by atoms with E-state index in [4.69, 9.17) is 21.1 Å². The molecule has 2 N–H and O–H groups in total. The van der Waals surface area contributed by atoms with E-state index in [-0.39, 0.29) is 15.5 Å². The summed E-state index contributed by atoms with van der Waals surface area (Å²) in [5, 5.41) is 11.8. The van der Waals surface area contributed by atoms with Gasteiger partial charge >= 0.3 is 11.6 Å². The van der Waals surface area contributed by atoms with E-state index in [9.17, 15) is 22.4 Å². The van der Waals surface area contributed by atoms with Crippen LogP contribution in [0, 0.1) is 5.82 Å². The maximum Gasteiger partial charge on any atom is 0.351 e. The van der Waals surface area contributed by atoms with Crippen LogP contribution in [-0.2, 0) is 9.84 Å². The fourth-order valence-corrected chi connectivity index (χ4v) is 4.52. The first-order valence-corrected chi connectivity index (χ1v) is 9.74. The highest BCUT2D eigenvalue weighted by Crippen LogP contribution is 2.30. The summed E-state index contributed by atoms with van der Waals surface area (Å²) in [6.07, 6.45) is 0. The molecule has 3 rings (SSSR count). The second-order valence-electron chi connectivity index (χ2n) is 5.13. The minimum absolute atomic E-state index is 0.0478. The standard InChI is InChI=1S/C15H9ClFNO6S2/c16-7-1-8(17)3-9(2-7)26(22,23)6-18-13-5-11-12(25-13)4-10(14(19)20)15(21)24-11/h1-5,18H,6H2,(H,19,20). The molecular weight excluding hydrogens is 409 g/mol. The number of sulfone groups is 1. The molecule has 0 bridgehead atoms. The number of thiophene rings is 1. The molecule has 2 aromatic heterocycles. The fourth-order valence-electron chi connectivity index (χ4n) is 2.11. The number of benzene rings is 1. The maximum absolute atomic E-state index is 13.3. The summed E-state index contributed by atoms with van der Waals surface area (Å²) in [5.41, 5.74) is -1.40. The molecule has 3 aromatic rings. The Kier molecular flexibility index (Phi) is 4.74. The van der Waals surface area contributed by atoms with E-state index in [0.29, 0.717) is 9.70 Å². The second-order valence-corrected chi connectivity index (χ2v) is 8.64. The fraction of sp³-hybridized carbons (Fsp3) is 0.0667. The third-order valence-electron chi connectivity index (χ3n) is 3.28. The van der Waals surface area contributed by atoms with Crippen LogP contribution < -0.4 is 10.9 Å². The highest BCUT2D eigenvalue weighted by atomic mass is 35.5. The Hall–Kier alpha value is -2.43. The van der Waals surface area contributed by atoms with Crippen molar-refractivity contribution in [2.24, 2.45) is 0 Å². The third-order valence-corrected chi connectivity index (χ3v) is 6.00. The van der Waals surface area contributed by atoms with Crippen LogP contribution in [0.25, 0.3) is 10.3 Å². The Labute approximate surface area is 154 Å². The van der Waals surface area contributed by atoms with E-state index >= 15 is 0 Å². The lowest BCUT2D eigenvalue weighted by Gasteiger charge is -2.06. The van der Waals surface area contributed by atoms with Crippen LogP contribution in [0.1, 0.15) is 10.4 Å². The van der Waals surface area contributed by atoms with Gasteiger partial charge in [-0.25, -0.2) is 22.4 Å². The molecule has 1 aromatic carbocycles. The molecule has 7 nitrogen and oxygen atoms in total. The summed E-state index contributed by atoms with van der Waals surface area (Å²) in [7, 11) is -3.89. The minimum atomic E-state index is -3.89. The van der Waals surface area contributed by atoms with Gasteiger partial charge in [0.25, 0.3) is 0 Å². The maximum atomic E-state index is 13.3. The van der Waals surface area contributed by atoms with Crippen LogP contribution in [0.4, 0.5) is 9.39 Å². The number of aromatic carboxylic acids is 1. The van der Waals surface area contributed by atoms with Crippen molar-refractivity contribution in [2.45, 2.75) is 4.90 Å². The molecule has 0 aliphatic rings. The molecule has 0 radical (unpaired) electrons. The number of carbonyl (C=O) groups is 1. The summed E-state index contributed by atoms with van der Waals surface area (Å²) in [5.74, 6) is -2.76. The normalized spacial score (nSPS) is 11.6. The van der Waals surface area contributed by atoms with Gasteiger partial charge in [-0.15, -0.1) is 11.3 Å². The number of hydrogen-bond donors (Lipinski definition) is 2. The van der Waals surface area contributed by atoms with Crippen molar-refractivity contribution in [3.63, 3.8) is 0 Å². The van der Waals surface area contributed by atoms with E-state index in [1.165, 1.54) is 6.07 Å². The number of halogens is 2. The number of rotatable bonds is 5. The first-order chi connectivity index (χ1) is 12.2. The Balaban J connectivity index is 1.87. The number of fused-ring (bicyclic) bond motifs is 1. The zero-order chi connectivity index (χ0) is 19.1. The van der Waals surface area contributed by atoms with Gasteiger partial charge in [-0.05, 0) is 24.3 Å². The first kappa shape index (κ1) is 18.4. The van der Waals surface area contributed by atoms with Crippen LogP contribution in [0.2, 0.25) is 5.02 Å². The molecular formula is C15H9ClFNO6S2. The predicted molar refractivity (Wildman–Crippen MR) is 94.4 cm³/mol. The zero-order valence-electron chi connectivity index (χ0n) is 12.7. The SMILES string of the molecule is O=C(O)c1cc2sc(NCS(=O)(=O)c3cc(F)cc(Cl)c3)cc2oc1=O. The van der Waals surface area contributed by atoms with E-state index in [2.05, 4.69) is 5.32 Å². The van der Waals surface area contributed by atoms with Gasteiger partial charge in [0, 0.05) is 11.1 Å². The molecule has 0 unspecified atom stereocenters. The smallest absolute Gasteiger partial charge is 0.351 e. The lowest BCUT2D eigenvalue weighted by molar-refractivity contribution is 0.0692. The number of carboxylic acid groups (broad SMARTS) is 1. The second kappa shape index (κ2) is 6.71. The Morgan fingerprint density at radius 1 is 1.27 bits per heavy atom. The van der Waals surface area contributed by atoms with Crippen molar-refractivity contribution in [3.8, 4) is 0 Å². The summed E-state index contributed by atoms with van der Waals surface area (Å²) < 4.78 is 43.2. The highest BCUT2D eigenvalue weighted by Gasteiger charge is 2.18. The van der Waals surface area contributed by atoms with Crippen LogP contribution in [0.15, 0.2) is 44.4 Å². The van der Waals surface area contributed by atoms with Gasteiger partial charge < -0.3 is 14.8 Å². The van der Waals surface area contributed by atoms with Crippen molar-refractivity contribution in [3.05, 3.63) is 57.2 Å². The van der Waals surface area contributed by atoms with Crippen LogP contribution >= 0.6 is 22.9 Å². The van der Waals surface area contributed by atoms with E-state index in [0.717, 1.165) is 35.6 Å². The van der Waals surface area contributed by atoms with Gasteiger partial charge in [0.2, 0.25) is 0 Å². The number of hydrogen-bond acceptors (Lipinski definition) is 7. The van der Waals surface area contributed by atoms with Gasteiger partial charge in [-0.3, -0.25) is 0 Å². The topological polar surface area (TPSA) is 114 Å². The predicted octanol–water partition coefficient (Wildman–Crippen LogP) is 3.19. The number of carboxylic acids is 1. The Bertz CT molecular complexity index is 1160. The molecule has 136 valence electrons. The van der Waals surface area contributed by atoms with E-state index < -0.39 is 38.7 Å². The molecule has 0 aliphatic carbocycles. The largest absolute Gasteiger partial charge is 0.477 e. The average Bonchev–Trinajstić information content (AvgIpc) is 2.93. The molecule has 0 aliphatic heterocycles. The van der Waals surface area contributed by atoms with Gasteiger partial charge in [0.05, 0.1) is 14.6 Å². The molecule has 11 heteroatoms. The highest BCUT2D eigenvalue weighted by molar-refractivity contribution is 7.91. The lowest BCUT2D eigenvalue weighted by Crippen LogP contribution is -2.14. The molecule has 0 atom stereocenters. The van der Waals surface area contributed by atoms with Crippen molar-refractivity contribution in [1.82, 2.24) is 0 Å². The number of anilines is 1. The van der Waals surface area contributed by atoms with Gasteiger partial charge in [-0.1, -0.05) is 11.6 Å². The molecule has 0 fully saturated rings. The van der Waals surface area contributed by atoms with Crippen LogP contribution in [0.5, 0.6) is 0 Å². The van der Waals surface area contributed by atoms with Gasteiger partial charge in [-0.2, -0.15) is 0 Å². The van der Waals surface area contributed by atoms with E-state index in [1.807, 2.05) is 0 Å². The first-order valence-electron chi connectivity index (χ1n) is 6.89. The van der Waals surface area contributed by atoms with Crippen molar-refractivity contribution in [2.75, 3.05) is 11.2 Å². The van der Waals surface area contributed by atoms with Gasteiger partial charge in [0.15, 0.2) is 15.4 Å².